The second kappa shape index (κ2) is 4.31. The standard InChI is InChI=1S/C17H13N3O/c1-10-6-7-14-12(8-10)13(9-18-14)16-19-15-5-3-2-4-11(15)17(21)20-16/h2-9,18H,1H3,(H,19,20,21). The molecule has 0 radical (unpaired) electrons. The minimum absolute atomic E-state index is 0.113. The van der Waals surface area contributed by atoms with Crippen molar-refractivity contribution in [2.24, 2.45) is 0 Å². The third kappa shape index (κ3) is 1.84. The molecule has 4 heteroatoms. The summed E-state index contributed by atoms with van der Waals surface area (Å²) in [7, 11) is 0. The quantitative estimate of drug-likeness (QED) is 0.559. The highest BCUT2D eigenvalue weighted by Crippen LogP contribution is 2.27. The Kier molecular flexibility index (Phi) is 2.44. The lowest BCUT2D eigenvalue weighted by molar-refractivity contribution is 1.18. The Hall–Kier alpha value is -2.88. The lowest BCUT2D eigenvalue weighted by Crippen LogP contribution is -2.09. The van der Waals surface area contributed by atoms with Crippen LogP contribution in [0.15, 0.2) is 53.5 Å². The third-order valence-electron chi connectivity index (χ3n) is 3.71. The molecule has 0 bridgehead atoms. The summed E-state index contributed by atoms with van der Waals surface area (Å²) in [5.74, 6) is 0.593. The summed E-state index contributed by atoms with van der Waals surface area (Å²) in [6.45, 7) is 2.05. The zero-order valence-electron chi connectivity index (χ0n) is 11.5. The smallest absolute Gasteiger partial charge is 0.259 e. The Bertz CT molecular complexity index is 1030. The number of benzene rings is 2. The van der Waals surface area contributed by atoms with Crippen molar-refractivity contribution >= 4 is 21.8 Å². The van der Waals surface area contributed by atoms with E-state index in [-0.39, 0.29) is 5.56 Å². The molecule has 0 aliphatic carbocycles. The maximum atomic E-state index is 12.2. The van der Waals surface area contributed by atoms with Crippen molar-refractivity contribution in [1.82, 2.24) is 15.0 Å². The van der Waals surface area contributed by atoms with Gasteiger partial charge in [0.25, 0.3) is 5.56 Å². The van der Waals surface area contributed by atoms with E-state index in [0.29, 0.717) is 16.7 Å². The zero-order valence-corrected chi connectivity index (χ0v) is 11.5. The molecule has 2 aromatic heterocycles. The van der Waals surface area contributed by atoms with Gasteiger partial charge in [0.15, 0.2) is 0 Å². The lowest BCUT2D eigenvalue weighted by Gasteiger charge is -2.02. The molecule has 0 aliphatic rings. The predicted molar refractivity (Wildman–Crippen MR) is 84.4 cm³/mol. The number of hydrogen-bond acceptors (Lipinski definition) is 2. The third-order valence-corrected chi connectivity index (χ3v) is 3.71. The fourth-order valence-electron chi connectivity index (χ4n) is 2.64. The van der Waals surface area contributed by atoms with Crippen LogP contribution < -0.4 is 5.56 Å². The molecule has 4 rings (SSSR count). The monoisotopic (exact) mass is 275 g/mol. The summed E-state index contributed by atoms with van der Waals surface area (Å²) < 4.78 is 0. The average molecular weight is 275 g/mol. The second-order valence-electron chi connectivity index (χ2n) is 5.18. The molecule has 21 heavy (non-hydrogen) atoms. The Morgan fingerprint density at radius 3 is 2.81 bits per heavy atom. The minimum Gasteiger partial charge on any atom is -0.360 e. The van der Waals surface area contributed by atoms with Crippen LogP contribution in [-0.2, 0) is 0 Å². The molecule has 2 heterocycles. The van der Waals surface area contributed by atoms with Crippen LogP contribution >= 0.6 is 0 Å². The average Bonchev–Trinajstić information content (AvgIpc) is 2.90. The number of hydrogen-bond donors (Lipinski definition) is 2. The summed E-state index contributed by atoms with van der Waals surface area (Å²) in [6, 6.07) is 13.5. The van der Waals surface area contributed by atoms with Gasteiger partial charge in [0, 0.05) is 22.7 Å². The first kappa shape index (κ1) is 11.9. The molecule has 4 aromatic rings. The van der Waals surface area contributed by atoms with E-state index in [9.17, 15) is 4.79 Å². The van der Waals surface area contributed by atoms with Crippen LogP contribution in [-0.4, -0.2) is 15.0 Å². The normalized spacial score (nSPS) is 11.3. The summed E-state index contributed by atoms with van der Waals surface area (Å²) in [6.07, 6.45) is 1.89. The fraction of sp³-hybridized carbons (Fsp3) is 0.0588. The second-order valence-corrected chi connectivity index (χ2v) is 5.18. The number of nitrogens with zero attached hydrogens (tertiary/aromatic N) is 1. The number of aromatic amines is 2. The van der Waals surface area contributed by atoms with E-state index in [1.165, 1.54) is 5.56 Å². The van der Waals surface area contributed by atoms with Gasteiger partial charge in [-0.05, 0) is 31.2 Å². The highest BCUT2D eigenvalue weighted by Gasteiger charge is 2.10. The molecular formula is C17H13N3O. The van der Waals surface area contributed by atoms with Gasteiger partial charge in [-0.2, -0.15) is 0 Å². The molecule has 2 aromatic carbocycles. The molecule has 0 atom stereocenters. The van der Waals surface area contributed by atoms with Crippen molar-refractivity contribution in [3.8, 4) is 11.4 Å². The fourth-order valence-corrected chi connectivity index (χ4v) is 2.64. The maximum Gasteiger partial charge on any atom is 0.259 e. The van der Waals surface area contributed by atoms with E-state index in [0.717, 1.165) is 16.5 Å². The van der Waals surface area contributed by atoms with Crippen LogP contribution in [0.25, 0.3) is 33.2 Å². The predicted octanol–water partition coefficient (Wildman–Crippen LogP) is 3.38. The zero-order chi connectivity index (χ0) is 14.4. The number of nitrogens with one attached hydrogen (secondary N) is 2. The first-order valence-corrected chi connectivity index (χ1v) is 6.79. The number of H-pyrrole nitrogens is 2. The number of rotatable bonds is 1. The summed E-state index contributed by atoms with van der Waals surface area (Å²) in [4.78, 5) is 22.9. The van der Waals surface area contributed by atoms with Gasteiger partial charge in [-0.15, -0.1) is 0 Å². The lowest BCUT2D eigenvalue weighted by atomic mass is 10.1. The van der Waals surface area contributed by atoms with E-state index in [2.05, 4.69) is 27.1 Å². The first-order valence-electron chi connectivity index (χ1n) is 6.79. The Balaban J connectivity index is 2.04. The van der Waals surface area contributed by atoms with Crippen molar-refractivity contribution in [3.05, 3.63) is 64.6 Å². The highest BCUT2D eigenvalue weighted by molar-refractivity contribution is 5.95. The van der Waals surface area contributed by atoms with Gasteiger partial charge >= 0.3 is 0 Å². The first-order chi connectivity index (χ1) is 10.2. The summed E-state index contributed by atoms with van der Waals surface area (Å²) in [5.41, 5.74) is 3.71. The molecular weight excluding hydrogens is 262 g/mol. The minimum atomic E-state index is -0.113. The van der Waals surface area contributed by atoms with Gasteiger partial charge in [-0.1, -0.05) is 23.8 Å². The van der Waals surface area contributed by atoms with Gasteiger partial charge in [0.1, 0.15) is 5.82 Å². The summed E-state index contributed by atoms with van der Waals surface area (Å²) >= 11 is 0. The van der Waals surface area contributed by atoms with E-state index >= 15 is 0 Å². The van der Waals surface area contributed by atoms with Crippen LogP contribution in [0.3, 0.4) is 0 Å². The molecule has 0 amide bonds. The molecule has 2 N–H and O–H groups in total. The van der Waals surface area contributed by atoms with Crippen LogP contribution in [0.2, 0.25) is 0 Å². The molecule has 4 nitrogen and oxygen atoms in total. The Morgan fingerprint density at radius 2 is 1.90 bits per heavy atom. The van der Waals surface area contributed by atoms with Crippen LogP contribution in [0.1, 0.15) is 5.56 Å². The van der Waals surface area contributed by atoms with Crippen LogP contribution in [0.5, 0.6) is 0 Å². The number of para-hydroxylation sites is 1. The largest absolute Gasteiger partial charge is 0.360 e. The van der Waals surface area contributed by atoms with Gasteiger partial charge < -0.3 is 9.97 Å². The van der Waals surface area contributed by atoms with E-state index in [1.807, 2.05) is 37.4 Å². The van der Waals surface area contributed by atoms with Crippen molar-refractivity contribution in [2.75, 3.05) is 0 Å². The van der Waals surface area contributed by atoms with Gasteiger partial charge in [-0.3, -0.25) is 4.79 Å². The maximum absolute atomic E-state index is 12.2. The van der Waals surface area contributed by atoms with Crippen molar-refractivity contribution in [2.45, 2.75) is 6.92 Å². The summed E-state index contributed by atoms with van der Waals surface area (Å²) in [5, 5.41) is 1.67. The van der Waals surface area contributed by atoms with E-state index in [4.69, 9.17) is 0 Å². The molecule has 0 fully saturated rings. The van der Waals surface area contributed by atoms with Crippen LogP contribution in [0.4, 0.5) is 0 Å². The van der Waals surface area contributed by atoms with Crippen molar-refractivity contribution in [3.63, 3.8) is 0 Å². The molecule has 0 saturated carbocycles. The SMILES string of the molecule is Cc1ccc2[nH]cc(-c3nc4ccccc4c(=O)[nH]3)c2c1. The molecule has 0 aliphatic heterocycles. The molecule has 0 spiro atoms. The van der Waals surface area contributed by atoms with Gasteiger partial charge in [0.05, 0.1) is 10.9 Å². The van der Waals surface area contributed by atoms with Crippen molar-refractivity contribution in [1.29, 1.82) is 0 Å². The van der Waals surface area contributed by atoms with E-state index < -0.39 is 0 Å². The van der Waals surface area contributed by atoms with E-state index in [1.54, 1.807) is 6.07 Å². The van der Waals surface area contributed by atoms with Crippen LogP contribution in [0, 0.1) is 6.92 Å². The topological polar surface area (TPSA) is 61.5 Å². The Morgan fingerprint density at radius 1 is 1.05 bits per heavy atom. The molecule has 0 unspecified atom stereocenters. The number of aryl methyl sites for hydroxylation is 1. The van der Waals surface area contributed by atoms with Crippen molar-refractivity contribution < 1.29 is 0 Å². The molecule has 0 saturated heterocycles. The van der Waals surface area contributed by atoms with Gasteiger partial charge in [0.2, 0.25) is 0 Å². The highest BCUT2D eigenvalue weighted by atomic mass is 16.1. The number of fused-ring (bicyclic) bond motifs is 2. The molecule has 102 valence electrons. The van der Waals surface area contributed by atoms with Gasteiger partial charge in [-0.25, -0.2) is 4.98 Å². The number of aromatic nitrogens is 3. The Labute approximate surface area is 120 Å².